The van der Waals surface area contributed by atoms with Crippen LogP contribution < -0.4 is 0 Å². The van der Waals surface area contributed by atoms with Crippen molar-refractivity contribution in [2.75, 3.05) is 13.1 Å². The van der Waals surface area contributed by atoms with Gasteiger partial charge in [0.05, 0.1) is 18.5 Å². The summed E-state index contributed by atoms with van der Waals surface area (Å²) in [6, 6.07) is 18.2. The molecule has 0 atom stereocenters. The topological polar surface area (TPSA) is 96.8 Å². The van der Waals surface area contributed by atoms with Gasteiger partial charge >= 0.3 is 12.1 Å². The maximum absolute atomic E-state index is 10.6. The van der Waals surface area contributed by atoms with Crippen LogP contribution in [0.15, 0.2) is 65.3 Å². The number of nitrogens with zero attached hydrogens (tertiary/aromatic N) is 5. The van der Waals surface area contributed by atoms with Gasteiger partial charge in [0.15, 0.2) is 11.5 Å². The molecule has 178 valence electrons. The Balaban J connectivity index is 0.000000344. The molecule has 4 aromatic rings. The van der Waals surface area contributed by atoms with E-state index in [9.17, 15) is 13.2 Å². The van der Waals surface area contributed by atoms with E-state index in [-0.39, 0.29) is 0 Å². The van der Waals surface area contributed by atoms with Gasteiger partial charge in [-0.1, -0.05) is 30.3 Å². The number of fused-ring (bicyclic) bond motifs is 1. The van der Waals surface area contributed by atoms with Crippen LogP contribution in [0.4, 0.5) is 13.2 Å². The normalized spacial score (nSPS) is 15.1. The van der Waals surface area contributed by atoms with Gasteiger partial charge in [-0.2, -0.15) is 22.8 Å². The first kappa shape index (κ1) is 23.4. The van der Waals surface area contributed by atoms with Gasteiger partial charge in [0, 0.05) is 11.5 Å². The summed E-state index contributed by atoms with van der Waals surface area (Å²) in [5, 5.41) is 20.7. The molecule has 1 fully saturated rings. The third-order valence-electron chi connectivity index (χ3n) is 5.51. The lowest BCUT2D eigenvalue weighted by atomic mass is 9.96. The van der Waals surface area contributed by atoms with Crippen molar-refractivity contribution in [2.45, 2.75) is 31.5 Å². The second kappa shape index (κ2) is 10.0. The second-order valence-corrected chi connectivity index (χ2v) is 7.85. The third-order valence-corrected chi connectivity index (χ3v) is 5.51. The molecule has 1 saturated heterocycles. The van der Waals surface area contributed by atoms with Crippen LogP contribution in [0.25, 0.3) is 16.9 Å². The molecule has 34 heavy (non-hydrogen) atoms. The van der Waals surface area contributed by atoms with Crippen LogP contribution >= 0.6 is 0 Å². The van der Waals surface area contributed by atoms with Crippen molar-refractivity contribution in [3.05, 3.63) is 72.4 Å². The molecule has 0 saturated carbocycles. The van der Waals surface area contributed by atoms with Gasteiger partial charge < -0.3 is 9.52 Å². The van der Waals surface area contributed by atoms with Crippen molar-refractivity contribution in [1.29, 1.82) is 0 Å². The molecule has 0 bridgehead atoms. The van der Waals surface area contributed by atoms with Gasteiger partial charge in [0.25, 0.3) is 0 Å². The molecule has 0 radical (unpaired) electrons. The first-order valence-electron chi connectivity index (χ1n) is 10.6. The van der Waals surface area contributed by atoms with Gasteiger partial charge in [-0.3, -0.25) is 4.90 Å². The number of aliphatic carboxylic acids is 1. The van der Waals surface area contributed by atoms with E-state index in [0.29, 0.717) is 5.92 Å². The number of alkyl halides is 3. The number of carbonyl (C=O) groups is 1. The number of rotatable bonds is 4. The minimum Gasteiger partial charge on any atom is -0.475 e. The van der Waals surface area contributed by atoms with Crippen LogP contribution in [0.2, 0.25) is 0 Å². The zero-order chi connectivity index (χ0) is 24.1. The van der Waals surface area contributed by atoms with Gasteiger partial charge in [-0.05, 0) is 50.2 Å². The summed E-state index contributed by atoms with van der Waals surface area (Å²) >= 11 is 0. The number of likely N-dealkylation sites (tertiary alicyclic amines) is 1. The minimum absolute atomic E-state index is 0.381. The molecule has 1 aromatic carbocycles. The van der Waals surface area contributed by atoms with Crippen LogP contribution in [-0.2, 0) is 11.3 Å². The van der Waals surface area contributed by atoms with Crippen molar-refractivity contribution in [3.8, 4) is 11.3 Å². The zero-order valence-corrected chi connectivity index (χ0v) is 18.0. The first-order valence-corrected chi connectivity index (χ1v) is 10.6. The number of carboxylic acids is 1. The van der Waals surface area contributed by atoms with E-state index >= 15 is 0 Å². The van der Waals surface area contributed by atoms with E-state index in [1.165, 1.54) is 0 Å². The molecule has 11 heteroatoms. The van der Waals surface area contributed by atoms with Gasteiger partial charge in [-0.15, -0.1) is 10.2 Å². The van der Waals surface area contributed by atoms with Crippen LogP contribution in [0.1, 0.15) is 30.3 Å². The molecule has 3 aromatic heterocycles. The Labute approximate surface area is 192 Å². The smallest absolute Gasteiger partial charge is 0.475 e. The lowest BCUT2D eigenvalue weighted by molar-refractivity contribution is -0.192. The molecule has 8 nitrogen and oxygen atoms in total. The number of halogens is 3. The van der Waals surface area contributed by atoms with E-state index in [1.807, 2.05) is 47.0 Å². The largest absolute Gasteiger partial charge is 0.490 e. The van der Waals surface area contributed by atoms with Crippen LogP contribution in [0.3, 0.4) is 0 Å². The van der Waals surface area contributed by atoms with Crippen LogP contribution in [0.5, 0.6) is 0 Å². The standard InChI is InChI=1S/C21H21N5O.C2HF3O2/c1-2-5-16(6-3-1)19-8-9-20-22-23-21(26(20)24-19)17-10-12-25(13-11-17)15-18-7-4-14-27-18;3-2(4,5)1(6)7/h1-9,14,17H,10-13,15H2;(H,6,7). The monoisotopic (exact) mass is 473 g/mol. The predicted molar refractivity (Wildman–Crippen MR) is 116 cm³/mol. The first-order chi connectivity index (χ1) is 16.3. The van der Waals surface area contributed by atoms with Crippen molar-refractivity contribution >= 4 is 11.6 Å². The highest BCUT2D eigenvalue weighted by Gasteiger charge is 2.38. The predicted octanol–water partition coefficient (Wildman–Crippen LogP) is 4.40. The lowest BCUT2D eigenvalue weighted by Crippen LogP contribution is -2.33. The summed E-state index contributed by atoms with van der Waals surface area (Å²) in [6.45, 7) is 2.92. The second-order valence-electron chi connectivity index (χ2n) is 7.85. The van der Waals surface area contributed by atoms with Gasteiger partial charge in [0.1, 0.15) is 5.76 Å². The molecular weight excluding hydrogens is 451 g/mol. The van der Waals surface area contributed by atoms with Crippen molar-refractivity contribution < 1.29 is 27.5 Å². The number of benzene rings is 1. The summed E-state index contributed by atoms with van der Waals surface area (Å²) in [4.78, 5) is 11.3. The fourth-order valence-corrected chi connectivity index (χ4v) is 3.80. The summed E-state index contributed by atoms with van der Waals surface area (Å²) in [5.74, 6) is -0.380. The summed E-state index contributed by atoms with van der Waals surface area (Å²) in [7, 11) is 0. The molecule has 0 amide bonds. The SMILES string of the molecule is O=C(O)C(F)(F)F.c1ccc(-c2ccc3nnc(C4CCN(Cc5ccco5)CC4)n3n2)cc1. The molecule has 1 N–H and O–H groups in total. The Bertz CT molecular complexity index is 1220. The Hall–Kier alpha value is -3.73. The Kier molecular flexibility index (Phi) is 6.92. The quantitative estimate of drug-likeness (QED) is 0.469. The highest BCUT2D eigenvalue weighted by Crippen LogP contribution is 2.28. The maximum Gasteiger partial charge on any atom is 0.490 e. The Morgan fingerprint density at radius 2 is 1.74 bits per heavy atom. The molecule has 5 rings (SSSR count). The zero-order valence-electron chi connectivity index (χ0n) is 18.0. The van der Waals surface area contributed by atoms with Crippen molar-refractivity contribution in [1.82, 2.24) is 24.7 Å². The number of carboxylic acid groups (broad SMARTS) is 1. The molecule has 0 aliphatic carbocycles. The van der Waals surface area contributed by atoms with E-state index in [2.05, 4.69) is 27.2 Å². The van der Waals surface area contributed by atoms with Crippen LogP contribution in [-0.4, -0.2) is 55.1 Å². The molecule has 1 aliphatic heterocycles. The highest BCUT2D eigenvalue weighted by molar-refractivity contribution is 5.73. The van der Waals surface area contributed by atoms with Crippen molar-refractivity contribution in [3.63, 3.8) is 0 Å². The fraction of sp³-hybridized carbons (Fsp3) is 0.304. The third kappa shape index (κ3) is 5.60. The molecule has 1 aliphatic rings. The summed E-state index contributed by atoms with van der Waals surface area (Å²) in [5.41, 5.74) is 2.86. The summed E-state index contributed by atoms with van der Waals surface area (Å²) < 4.78 is 39.1. The average molecular weight is 473 g/mol. The van der Waals surface area contributed by atoms with E-state index in [0.717, 1.165) is 61.0 Å². The van der Waals surface area contributed by atoms with Crippen LogP contribution in [0, 0.1) is 0 Å². The van der Waals surface area contributed by atoms with E-state index in [1.54, 1.807) is 6.26 Å². The van der Waals surface area contributed by atoms with E-state index in [4.69, 9.17) is 19.4 Å². The number of piperidine rings is 1. The molecule has 0 unspecified atom stereocenters. The Morgan fingerprint density at radius 1 is 1.03 bits per heavy atom. The average Bonchev–Trinajstić information content (AvgIpc) is 3.49. The number of hydrogen-bond donors (Lipinski definition) is 1. The van der Waals surface area contributed by atoms with Gasteiger partial charge in [0.2, 0.25) is 0 Å². The number of aromatic nitrogens is 4. The number of hydrogen-bond acceptors (Lipinski definition) is 6. The maximum atomic E-state index is 10.6. The molecule has 4 heterocycles. The minimum atomic E-state index is -5.08. The Morgan fingerprint density at radius 3 is 2.35 bits per heavy atom. The molecule has 0 spiro atoms. The lowest BCUT2D eigenvalue weighted by Gasteiger charge is -2.30. The van der Waals surface area contributed by atoms with E-state index < -0.39 is 12.1 Å². The van der Waals surface area contributed by atoms with Crippen molar-refractivity contribution in [2.24, 2.45) is 0 Å². The highest BCUT2D eigenvalue weighted by atomic mass is 19.4. The molecular formula is C23H22F3N5O3. The summed E-state index contributed by atoms with van der Waals surface area (Å²) in [6.07, 6.45) is -1.24. The fourth-order valence-electron chi connectivity index (χ4n) is 3.80. The van der Waals surface area contributed by atoms with Gasteiger partial charge in [-0.25, -0.2) is 4.79 Å². The number of furan rings is 1.